The van der Waals surface area contributed by atoms with E-state index in [0.717, 1.165) is 5.69 Å². The van der Waals surface area contributed by atoms with Gasteiger partial charge in [0, 0.05) is 24.8 Å². The molecule has 0 aliphatic rings. The molecule has 0 aromatic heterocycles. The Morgan fingerprint density at radius 2 is 1.85 bits per heavy atom. The van der Waals surface area contributed by atoms with Crippen LogP contribution in [0.25, 0.3) is 0 Å². The summed E-state index contributed by atoms with van der Waals surface area (Å²) in [5.41, 5.74) is 7.86. The van der Waals surface area contributed by atoms with Crippen molar-refractivity contribution in [2.45, 2.75) is 6.04 Å². The molecule has 4 heteroatoms. The van der Waals surface area contributed by atoms with Gasteiger partial charge in [-0.05, 0) is 30.3 Å². The van der Waals surface area contributed by atoms with E-state index < -0.39 is 0 Å². The minimum absolute atomic E-state index is 0.246. The summed E-state index contributed by atoms with van der Waals surface area (Å²) in [5.74, 6) is -0.261. The summed E-state index contributed by atoms with van der Waals surface area (Å²) in [5, 5.41) is 8.80. The Morgan fingerprint density at radius 1 is 1.20 bits per heavy atom. The zero-order valence-electron chi connectivity index (χ0n) is 11.3. The van der Waals surface area contributed by atoms with Gasteiger partial charge in [0.25, 0.3) is 0 Å². The highest BCUT2D eigenvalue weighted by molar-refractivity contribution is 5.51. The van der Waals surface area contributed by atoms with E-state index in [-0.39, 0.29) is 11.9 Å². The van der Waals surface area contributed by atoms with E-state index in [1.807, 2.05) is 24.1 Å². The molecule has 3 nitrogen and oxygen atoms in total. The number of nitrogens with zero attached hydrogens (tertiary/aromatic N) is 2. The molecule has 0 fully saturated rings. The quantitative estimate of drug-likeness (QED) is 0.928. The number of hydrogen-bond acceptors (Lipinski definition) is 3. The zero-order valence-corrected chi connectivity index (χ0v) is 11.3. The van der Waals surface area contributed by atoms with E-state index in [9.17, 15) is 4.39 Å². The second-order valence-electron chi connectivity index (χ2n) is 4.54. The van der Waals surface area contributed by atoms with Gasteiger partial charge in [-0.15, -0.1) is 0 Å². The average molecular weight is 269 g/mol. The van der Waals surface area contributed by atoms with Crippen molar-refractivity contribution in [1.82, 2.24) is 0 Å². The van der Waals surface area contributed by atoms with Crippen LogP contribution >= 0.6 is 0 Å². The number of benzene rings is 2. The summed E-state index contributed by atoms with van der Waals surface area (Å²) in [6, 6.07) is 15.6. The summed E-state index contributed by atoms with van der Waals surface area (Å²) >= 11 is 0. The molecule has 0 saturated heterocycles. The van der Waals surface area contributed by atoms with Crippen molar-refractivity contribution in [2.24, 2.45) is 5.73 Å². The normalized spacial score (nSPS) is 11.7. The standard InChI is InChI=1S/C16H16FN3/c1-20(13-8-6-12(10-18)7-9-13)16(11-19)14-4-2-3-5-15(14)17/h2-9,16H,11,19H2,1H3. The van der Waals surface area contributed by atoms with Gasteiger partial charge < -0.3 is 10.6 Å². The van der Waals surface area contributed by atoms with Gasteiger partial charge in [0.05, 0.1) is 17.7 Å². The highest BCUT2D eigenvalue weighted by Crippen LogP contribution is 2.26. The van der Waals surface area contributed by atoms with E-state index in [1.54, 1.807) is 30.3 Å². The molecule has 1 atom stereocenters. The van der Waals surface area contributed by atoms with Gasteiger partial charge in [-0.1, -0.05) is 18.2 Å². The Hall–Kier alpha value is -2.38. The van der Waals surface area contributed by atoms with E-state index in [4.69, 9.17) is 11.0 Å². The molecule has 0 heterocycles. The van der Waals surface area contributed by atoms with Gasteiger partial charge in [0.2, 0.25) is 0 Å². The second-order valence-corrected chi connectivity index (χ2v) is 4.54. The molecular weight excluding hydrogens is 253 g/mol. The van der Waals surface area contributed by atoms with Crippen LogP contribution in [0, 0.1) is 17.1 Å². The average Bonchev–Trinajstić information content (AvgIpc) is 2.50. The number of nitriles is 1. The fourth-order valence-corrected chi connectivity index (χ4v) is 2.19. The molecule has 20 heavy (non-hydrogen) atoms. The van der Waals surface area contributed by atoms with Gasteiger partial charge in [-0.3, -0.25) is 0 Å². The van der Waals surface area contributed by atoms with Crippen LogP contribution in [0.15, 0.2) is 48.5 Å². The van der Waals surface area contributed by atoms with Crippen LogP contribution in [0.4, 0.5) is 10.1 Å². The van der Waals surface area contributed by atoms with Gasteiger partial charge in [0.15, 0.2) is 0 Å². The fourth-order valence-electron chi connectivity index (χ4n) is 2.19. The highest BCUT2D eigenvalue weighted by Gasteiger charge is 2.19. The first kappa shape index (κ1) is 14.0. The van der Waals surface area contributed by atoms with Crippen molar-refractivity contribution in [3.63, 3.8) is 0 Å². The molecule has 102 valence electrons. The lowest BCUT2D eigenvalue weighted by Crippen LogP contribution is -2.31. The maximum atomic E-state index is 13.9. The van der Waals surface area contributed by atoms with Crippen LogP contribution in [-0.4, -0.2) is 13.6 Å². The maximum absolute atomic E-state index is 13.9. The predicted octanol–water partition coefficient (Wildman–Crippen LogP) is 2.83. The Balaban J connectivity index is 2.31. The van der Waals surface area contributed by atoms with E-state index in [2.05, 4.69) is 6.07 Å². The lowest BCUT2D eigenvalue weighted by atomic mass is 10.0. The van der Waals surface area contributed by atoms with Crippen LogP contribution in [0.2, 0.25) is 0 Å². The number of rotatable bonds is 4. The molecule has 2 rings (SSSR count). The molecule has 2 aromatic rings. The Labute approximate surface area is 118 Å². The summed E-state index contributed by atoms with van der Waals surface area (Å²) < 4.78 is 13.9. The molecule has 0 radical (unpaired) electrons. The fraction of sp³-hybridized carbons (Fsp3) is 0.188. The molecule has 1 unspecified atom stereocenters. The largest absolute Gasteiger partial charge is 0.366 e. The minimum Gasteiger partial charge on any atom is -0.366 e. The van der Waals surface area contributed by atoms with E-state index >= 15 is 0 Å². The van der Waals surface area contributed by atoms with Crippen molar-refractivity contribution >= 4 is 5.69 Å². The van der Waals surface area contributed by atoms with Crippen molar-refractivity contribution in [3.05, 3.63) is 65.5 Å². The van der Waals surface area contributed by atoms with Crippen molar-refractivity contribution in [3.8, 4) is 6.07 Å². The molecule has 0 aliphatic heterocycles. The Morgan fingerprint density at radius 3 is 2.40 bits per heavy atom. The Kier molecular flexibility index (Phi) is 4.34. The van der Waals surface area contributed by atoms with Gasteiger partial charge >= 0.3 is 0 Å². The molecule has 2 N–H and O–H groups in total. The number of anilines is 1. The summed E-state index contributed by atoms with van der Waals surface area (Å²) in [6.07, 6.45) is 0. The van der Waals surface area contributed by atoms with Crippen molar-refractivity contribution < 1.29 is 4.39 Å². The zero-order chi connectivity index (χ0) is 14.5. The summed E-state index contributed by atoms with van der Waals surface area (Å²) in [4.78, 5) is 1.92. The molecule has 0 saturated carbocycles. The molecule has 0 amide bonds. The van der Waals surface area contributed by atoms with Crippen LogP contribution < -0.4 is 10.6 Å². The third-order valence-electron chi connectivity index (χ3n) is 3.36. The SMILES string of the molecule is CN(c1ccc(C#N)cc1)C(CN)c1ccccc1F. The predicted molar refractivity (Wildman–Crippen MR) is 77.8 cm³/mol. The van der Waals surface area contributed by atoms with Crippen LogP contribution in [-0.2, 0) is 0 Å². The lowest BCUT2D eigenvalue weighted by molar-refractivity contribution is 0.573. The molecule has 2 aromatic carbocycles. The molecule has 0 bridgehead atoms. The maximum Gasteiger partial charge on any atom is 0.128 e. The second kappa shape index (κ2) is 6.18. The molecule has 0 aliphatic carbocycles. The minimum atomic E-state index is -0.261. The third kappa shape index (κ3) is 2.79. The van der Waals surface area contributed by atoms with Gasteiger partial charge in [-0.25, -0.2) is 4.39 Å². The first-order chi connectivity index (χ1) is 9.67. The lowest BCUT2D eigenvalue weighted by Gasteiger charge is -2.29. The topological polar surface area (TPSA) is 53.0 Å². The van der Waals surface area contributed by atoms with Crippen LogP contribution in [0.3, 0.4) is 0 Å². The third-order valence-corrected chi connectivity index (χ3v) is 3.36. The number of halogens is 1. The van der Waals surface area contributed by atoms with Crippen LogP contribution in [0.1, 0.15) is 17.2 Å². The van der Waals surface area contributed by atoms with Crippen molar-refractivity contribution in [1.29, 1.82) is 5.26 Å². The summed E-state index contributed by atoms with van der Waals surface area (Å²) in [6.45, 7) is 0.303. The first-order valence-electron chi connectivity index (χ1n) is 6.35. The molecule has 0 spiro atoms. The Bertz CT molecular complexity index is 616. The summed E-state index contributed by atoms with van der Waals surface area (Å²) in [7, 11) is 1.87. The van der Waals surface area contributed by atoms with Gasteiger partial charge in [-0.2, -0.15) is 5.26 Å². The van der Waals surface area contributed by atoms with Crippen molar-refractivity contribution in [2.75, 3.05) is 18.5 Å². The van der Waals surface area contributed by atoms with Crippen LogP contribution in [0.5, 0.6) is 0 Å². The number of hydrogen-bond donors (Lipinski definition) is 1. The van der Waals surface area contributed by atoms with E-state index in [0.29, 0.717) is 17.7 Å². The number of nitrogens with two attached hydrogens (primary N) is 1. The number of likely N-dealkylation sites (N-methyl/N-ethyl adjacent to an activating group) is 1. The van der Waals surface area contributed by atoms with Gasteiger partial charge in [0.1, 0.15) is 5.82 Å². The highest BCUT2D eigenvalue weighted by atomic mass is 19.1. The smallest absolute Gasteiger partial charge is 0.128 e. The monoisotopic (exact) mass is 269 g/mol. The van der Waals surface area contributed by atoms with E-state index in [1.165, 1.54) is 6.07 Å². The molecular formula is C16H16FN3. The first-order valence-corrected chi connectivity index (χ1v) is 6.35.